The maximum Gasteiger partial charge on any atom is 0.187 e. The van der Waals surface area contributed by atoms with Gasteiger partial charge in [-0.1, -0.05) is 60.7 Å². The number of methoxy groups -OCH3 is 1. The first kappa shape index (κ1) is 20.7. The lowest BCUT2D eigenvalue weighted by molar-refractivity contribution is 0.179. The monoisotopic (exact) mass is 407 g/mol. The van der Waals surface area contributed by atoms with Crippen molar-refractivity contribution in [2.45, 2.75) is 19.5 Å². The predicted molar refractivity (Wildman–Crippen MR) is 121 cm³/mol. The van der Waals surface area contributed by atoms with Crippen LogP contribution in [0.15, 0.2) is 72.0 Å². The molecule has 0 aliphatic carbocycles. The van der Waals surface area contributed by atoms with Crippen LogP contribution in [-0.4, -0.2) is 40.9 Å². The van der Waals surface area contributed by atoms with Crippen LogP contribution in [0.25, 0.3) is 11.3 Å². The van der Waals surface area contributed by atoms with Crippen LogP contribution in [0, 0.1) is 0 Å². The van der Waals surface area contributed by atoms with Gasteiger partial charge in [-0.15, -0.1) is 0 Å². The Morgan fingerprint density at radius 1 is 1.17 bits per heavy atom. The molecule has 150 valence electrons. The van der Waals surface area contributed by atoms with Crippen molar-refractivity contribution < 1.29 is 4.74 Å². The Bertz CT molecular complexity index is 940. The van der Waals surface area contributed by atoms with Crippen molar-refractivity contribution in [2.24, 2.45) is 5.10 Å². The molecule has 0 saturated carbocycles. The molecule has 1 aromatic heterocycles. The molecule has 1 atom stereocenters. The van der Waals surface area contributed by atoms with E-state index in [2.05, 4.69) is 28.0 Å². The van der Waals surface area contributed by atoms with Gasteiger partial charge >= 0.3 is 0 Å². The van der Waals surface area contributed by atoms with Crippen molar-refractivity contribution in [3.63, 3.8) is 0 Å². The molecule has 0 aliphatic rings. The molecule has 2 N–H and O–H groups in total. The highest BCUT2D eigenvalue weighted by Gasteiger charge is 2.10. The maximum atomic E-state index is 5.27. The van der Waals surface area contributed by atoms with Gasteiger partial charge in [0.1, 0.15) is 5.69 Å². The number of ether oxygens (including phenoxy) is 1. The van der Waals surface area contributed by atoms with Gasteiger partial charge in [-0.2, -0.15) is 10.2 Å². The number of rotatable bonds is 8. The molecule has 0 spiro atoms. The summed E-state index contributed by atoms with van der Waals surface area (Å²) in [5, 5.41) is 12.6. The van der Waals surface area contributed by atoms with E-state index in [1.165, 1.54) is 5.56 Å². The summed E-state index contributed by atoms with van der Waals surface area (Å²) in [6.45, 7) is 3.24. The van der Waals surface area contributed by atoms with Crippen LogP contribution in [0.2, 0.25) is 0 Å². The van der Waals surface area contributed by atoms with Crippen molar-refractivity contribution in [2.75, 3.05) is 13.7 Å². The lowest BCUT2D eigenvalue weighted by Crippen LogP contribution is -2.40. The molecule has 0 radical (unpaired) electrons. The van der Waals surface area contributed by atoms with Crippen LogP contribution in [-0.2, 0) is 11.3 Å². The minimum Gasteiger partial charge on any atom is -0.383 e. The highest BCUT2D eigenvalue weighted by Crippen LogP contribution is 2.21. The van der Waals surface area contributed by atoms with Crippen LogP contribution in [0.5, 0.6) is 0 Å². The number of nitrogens with one attached hydrogen (secondary N) is 2. The minimum atomic E-state index is 0.101. The summed E-state index contributed by atoms with van der Waals surface area (Å²) in [4.78, 5) is 0. The first-order valence-electron chi connectivity index (χ1n) is 9.41. The zero-order valence-corrected chi connectivity index (χ0v) is 17.4. The number of hydrazone groups is 1. The molecule has 29 heavy (non-hydrogen) atoms. The van der Waals surface area contributed by atoms with Gasteiger partial charge in [0.05, 0.1) is 19.4 Å². The van der Waals surface area contributed by atoms with Crippen molar-refractivity contribution in [1.29, 1.82) is 0 Å². The predicted octanol–water partition coefficient (Wildman–Crippen LogP) is 3.43. The largest absolute Gasteiger partial charge is 0.383 e. The quantitative estimate of drug-likeness (QED) is 0.340. The molecule has 0 fully saturated rings. The number of nitrogens with zero attached hydrogens (tertiary/aromatic N) is 3. The third-order valence-corrected chi connectivity index (χ3v) is 4.40. The number of aromatic nitrogens is 2. The SMILES string of the molecule is COC[C@@H](C)NC(=S)N/N=C\c1cn(Cc2ccccc2)nc1-c1ccccc1. The van der Waals surface area contributed by atoms with E-state index in [-0.39, 0.29) is 6.04 Å². The molecule has 0 bridgehead atoms. The summed E-state index contributed by atoms with van der Waals surface area (Å²) in [5.74, 6) is 0. The number of hydrogen-bond donors (Lipinski definition) is 2. The Labute approximate surface area is 176 Å². The average Bonchev–Trinajstić information content (AvgIpc) is 3.12. The third-order valence-electron chi connectivity index (χ3n) is 4.19. The molecular formula is C22H25N5OS. The van der Waals surface area contributed by atoms with Crippen LogP contribution in [0.3, 0.4) is 0 Å². The van der Waals surface area contributed by atoms with Crippen LogP contribution in [0.1, 0.15) is 18.1 Å². The zero-order valence-electron chi connectivity index (χ0n) is 16.6. The summed E-state index contributed by atoms with van der Waals surface area (Å²) >= 11 is 5.27. The Morgan fingerprint density at radius 3 is 2.55 bits per heavy atom. The van der Waals surface area contributed by atoms with E-state index >= 15 is 0 Å². The van der Waals surface area contributed by atoms with E-state index in [0.717, 1.165) is 16.8 Å². The first-order valence-corrected chi connectivity index (χ1v) is 9.82. The normalized spacial score (nSPS) is 12.1. The molecular weight excluding hydrogens is 382 g/mol. The zero-order chi connectivity index (χ0) is 20.5. The Morgan fingerprint density at radius 2 is 1.86 bits per heavy atom. The fourth-order valence-corrected chi connectivity index (χ4v) is 3.17. The summed E-state index contributed by atoms with van der Waals surface area (Å²) in [5.41, 5.74) is 6.86. The highest BCUT2D eigenvalue weighted by atomic mass is 32.1. The summed E-state index contributed by atoms with van der Waals surface area (Å²) in [6.07, 6.45) is 3.73. The van der Waals surface area contributed by atoms with Gasteiger partial charge in [0.15, 0.2) is 5.11 Å². The van der Waals surface area contributed by atoms with Crippen LogP contribution >= 0.6 is 12.2 Å². The molecule has 6 nitrogen and oxygen atoms in total. The van der Waals surface area contributed by atoms with Crippen LogP contribution in [0.4, 0.5) is 0 Å². The summed E-state index contributed by atoms with van der Waals surface area (Å²) in [7, 11) is 1.66. The van der Waals surface area contributed by atoms with E-state index in [1.54, 1.807) is 13.3 Å². The lowest BCUT2D eigenvalue weighted by atomic mass is 10.1. The smallest absolute Gasteiger partial charge is 0.187 e. The topological polar surface area (TPSA) is 63.5 Å². The standard InChI is InChI=1S/C22H25N5OS/c1-17(16-28-2)24-22(29)25-23-13-20-15-27(14-18-9-5-3-6-10-18)26-21(20)19-11-7-4-8-12-19/h3-13,15,17H,14,16H2,1-2H3,(H2,24,25,29)/b23-13-/t17-/m1/s1. The fraction of sp³-hybridized carbons (Fsp3) is 0.227. The summed E-state index contributed by atoms with van der Waals surface area (Å²) < 4.78 is 7.02. The fourth-order valence-electron chi connectivity index (χ4n) is 2.91. The maximum absolute atomic E-state index is 5.27. The Hall–Kier alpha value is -3.03. The van der Waals surface area contributed by atoms with Gasteiger partial charge in [0, 0.05) is 30.5 Å². The van der Waals surface area contributed by atoms with Crippen molar-refractivity contribution in [3.05, 3.63) is 78.0 Å². The second kappa shape index (κ2) is 10.5. The van der Waals surface area contributed by atoms with Gasteiger partial charge in [0.25, 0.3) is 0 Å². The van der Waals surface area contributed by atoms with Crippen LogP contribution < -0.4 is 10.7 Å². The Balaban J connectivity index is 1.76. The van der Waals surface area contributed by atoms with Gasteiger partial charge < -0.3 is 10.1 Å². The van der Waals surface area contributed by atoms with Crippen molar-refractivity contribution in [1.82, 2.24) is 20.5 Å². The molecule has 3 rings (SSSR count). The van der Waals surface area contributed by atoms with E-state index in [9.17, 15) is 0 Å². The molecule has 1 heterocycles. The first-order chi connectivity index (χ1) is 14.2. The van der Waals surface area contributed by atoms with E-state index in [1.807, 2.05) is 66.3 Å². The number of thiocarbonyl (C=S) groups is 1. The van der Waals surface area contributed by atoms with Crippen molar-refractivity contribution >= 4 is 23.5 Å². The molecule has 0 amide bonds. The molecule has 0 aliphatic heterocycles. The van der Waals surface area contributed by atoms with Gasteiger partial charge in [-0.05, 0) is 24.7 Å². The average molecular weight is 408 g/mol. The Kier molecular flexibility index (Phi) is 7.49. The van der Waals surface area contributed by atoms with E-state index in [4.69, 9.17) is 22.1 Å². The van der Waals surface area contributed by atoms with Gasteiger partial charge in [0.2, 0.25) is 0 Å². The van der Waals surface area contributed by atoms with E-state index < -0.39 is 0 Å². The molecule has 7 heteroatoms. The minimum absolute atomic E-state index is 0.101. The molecule has 3 aromatic rings. The lowest BCUT2D eigenvalue weighted by Gasteiger charge is -2.13. The van der Waals surface area contributed by atoms with Crippen molar-refractivity contribution in [3.8, 4) is 11.3 Å². The number of benzene rings is 2. The molecule has 0 saturated heterocycles. The highest BCUT2D eigenvalue weighted by molar-refractivity contribution is 7.80. The summed E-state index contributed by atoms with van der Waals surface area (Å²) in [6, 6.07) is 20.4. The van der Waals surface area contributed by atoms with E-state index in [0.29, 0.717) is 18.3 Å². The van der Waals surface area contributed by atoms with Gasteiger partial charge in [-0.25, -0.2) is 0 Å². The van der Waals surface area contributed by atoms with Gasteiger partial charge in [-0.3, -0.25) is 10.1 Å². The second-order valence-corrected chi connectivity index (χ2v) is 7.09. The third kappa shape index (κ3) is 6.23. The number of hydrogen-bond acceptors (Lipinski definition) is 4. The molecule has 0 unspecified atom stereocenters. The second-order valence-electron chi connectivity index (χ2n) is 6.68. The molecule has 2 aromatic carbocycles.